The van der Waals surface area contributed by atoms with Gasteiger partial charge in [0, 0.05) is 23.3 Å². The van der Waals surface area contributed by atoms with Crippen LogP contribution in [0.3, 0.4) is 0 Å². The van der Waals surface area contributed by atoms with Crippen molar-refractivity contribution in [2.75, 3.05) is 11.9 Å². The summed E-state index contributed by atoms with van der Waals surface area (Å²) in [5.74, 6) is 2.33. The Morgan fingerprint density at radius 3 is 2.58 bits per heavy atom. The molecule has 0 fully saturated rings. The minimum absolute atomic E-state index is 0.0884. The molecule has 0 bridgehead atoms. The second-order valence-corrected chi connectivity index (χ2v) is 9.70. The van der Waals surface area contributed by atoms with Crippen LogP contribution in [0.25, 0.3) is 11.4 Å². The van der Waals surface area contributed by atoms with Crippen molar-refractivity contribution in [1.82, 2.24) is 14.8 Å². The van der Waals surface area contributed by atoms with Gasteiger partial charge in [-0.1, -0.05) is 69.7 Å². The summed E-state index contributed by atoms with van der Waals surface area (Å²) in [4.78, 5) is 18.2. The number of ketones is 1. The van der Waals surface area contributed by atoms with Crippen LogP contribution in [0.15, 0.2) is 65.9 Å². The molecule has 33 heavy (non-hydrogen) atoms. The van der Waals surface area contributed by atoms with Crippen LogP contribution in [0.1, 0.15) is 58.1 Å². The smallest absolute Gasteiger partial charge is 0.226 e. The Morgan fingerprint density at radius 1 is 1.09 bits per heavy atom. The van der Waals surface area contributed by atoms with Crippen molar-refractivity contribution >= 4 is 11.7 Å². The highest BCUT2D eigenvalue weighted by atomic mass is 16.5. The monoisotopic (exact) mass is 442 g/mol. The van der Waals surface area contributed by atoms with Crippen LogP contribution in [0.4, 0.5) is 5.95 Å². The summed E-state index contributed by atoms with van der Waals surface area (Å²) in [7, 11) is 0. The van der Waals surface area contributed by atoms with Crippen molar-refractivity contribution in [2.45, 2.75) is 52.5 Å². The predicted octanol–water partition coefficient (Wildman–Crippen LogP) is 5.78. The SMILES string of the molecule is CCCCOc1ccc(C2C3=C(CC(C)(C)CC3=O)Nc3nc(-c4ccccc4)nn32)cc1. The molecule has 1 unspecified atom stereocenters. The second-order valence-electron chi connectivity index (χ2n) is 9.70. The first-order valence-electron chi connectivity index (χ1n) is 11.7. The Morgan fingerprint density at radius 2 is 1.85 bits per heavy atom. The van der Waals surface area contributed by atoms with E-state index in [4.69, 9.17) is 14.8 Å². The van der Waals surface area contributed by atoms with Gasteiger partial charge in [-0.25, -0.2) is 4.68 Å². The van der Waals surface area contributed by atoms with Crippen LogP contribution < -0.4 is 10.1 Å². The highest BCUT2D eigenvalue weighted by Gasteiger charge is 2.41. The Balaban J connectivity index is 1.57. The van der Waals surface area contributed by atoms with E-state index in [2.05, 4.69) is 26.1 Å². The average molecular weight is 443 g/mol. The zero-order chi connectivity index (χ0) is 23.0. The van der Waals surface area contributed by atoms with Gasteiger partial charge in [-0.2, -0.15) is 4.98 Å². The topological polar surface area (TPSA) is 69.0 Å². The van der Waals surface area contributed by atoms with Gasteiger partial charge < -0.3 is 10.1 Å². The Labute approximate surface area is 194 Å². The van der Waals surface area contributed by atoms with E-state index in [9.17, 15) is 4.79 Å². The van der Waals surface area contributed by atoms with E-state index in [1.54, 1.807) is 0 Å². The number of hydrogen-bond acceptors (Lipinski definition) is 5. The molecule has 2 aliphatic rings. The number of carbonyl (C=O) groups is 1. The molecule has 0 radical (unpaired) electrons. The van der Waals surface area contributed by atoms with Crippen molar-refractivity contribution in [1.29, 1.82) is 0 Å². The highest BCUT2D eigenvalue weighted by molar-refractivity contribution is 6.00. The van der Waals surface area contributed by atoms with Crippen LogP contribution in [0.5, 0.6) is 5.75 Å². The van der Waals surface area contributed by atoms with Gasteiger partial charge in [0.1, 0.15) is 11.8 Å². The molecule has 0 spiro atoms. The number of fused-ring (bicyclic) bond motifs is 1. The molecule has 0 amide bonds. The van der Waals surface area contributed by atoms with Crippen molar-refractivity contribution < 1.29 is 9.53 Å². The summed E-state index contributed by atoms with van der Waals surface area (Å²) in [5, 5.41) is 8.29. The first-order chi connectivity index (χ1) is 15.9. The number of anilines is 1. The molecule has 1 aliphatic heterocycles. The lowest BCUT2D eigenvalue weighted by Gasteiger charge is -2.38. The van der Waals surface area contributed by atoms with Gasteiger partial charge in [0.2, 0.25) is 5.95 Å². The first kappa shape index (κ1) is 21.4. The fraction of sp³-hybridized carbons (Fsp3) is 0.370. The molecule has 3 aromatic rings. The van der Waals surface area contributed by atoms with Gasteiger partial charge in [-0.15, -0.1) is 5.10 Å². The lowest BCUT2D eigenvalue weighted by molar-refractivity contribution is -0.118. The maximum absolute atomic E-state index is 13.4. The van der Waals surface area contributed by atoms with E-state index < -0.39 is 0 Å². The number of aromatic nitrogens is 3. The molecule has 0 saturated carbocycles. The van der Waals surface area contributed by atoms with Crippen molar-refractivity contribution in [3.63, 3.8) is 0 Å². The molecule has 6 heteroatoms. The number of rotatable bonds is 6. The third-order valence-corrected chi connectivity index (χ3v) is 6.33. The number of nitrogens with one attached hydrogen (secondary N) is 1. The number of hydrogen-bond donors (Lipinski definition) is 1. The molecule has 1 aliphatic carbocycles. The molecule has 1 N–H and O–H groups in total. The minimum atomic E-state index is -0.311. The Hall–Kier alpha value is -3.41. The average Bonchev–Trinajstić information content (AvgIpc) is 3.22. The number of nitrogens with zero attached hydrogens (tertiary/aromatic N) is 3. The molecule has 170 valence electrons. The van der Waals surface area contributed by atoms with Gasteiger partial charge in [0.05, 0.1) is 6.61 Å². The summed E-state index contributed by atoms with van der Waals surface area (Å²) in [5.41, 5.74) is 3.62. The lowest BCUT2D eigenvalue weighted by atomic mass is 9.73. The van der Waals surface area contributed by atoms with Crippen LogP contribution >= 0.6 is 0 Å². The van der Waals surface area contributed by atoms with E-state index in [-0.39, 0.29) is 17.2 Å². The van der Waals surface area contributed by atoms with Gasteiger partial charge in [0.15, 0.2) is 11.6 Å². The quantitative estimate of drug-likeness (QED) is 0.490. The lowest BCUT2D eigenvalue weighted by Crippen LogP contribution is -2.36. The van der Waals surface area contributed by atoms with Crippen LogP contribution in [-0.4, -0.2) is 27.2 Å². The van der Waals surface area contributed by atoms with E-state index in [1.807, 2.05) is 59.3 Å². The van der Waals surface area contributed by atoms with Gasteiger partial charge in [-0.05, 0) is 36.0 Å². The summed E-state index contributed by atoms with van der Waals surface area (Å²) < 4.78 is 7.71. The summed E-state index contributed by atoms with van der Waals surface area (Å²) in [6.07, 6.45) is 3.46. The molecule has 2 aromatic carbocycles. The maximum Gasteiger partial charge on any atom is 0.226 e. The number of carbonyl (C=O) groups excluding carboxylic acids is 1. The molecule has 5 rings (SSSR count). The predicted molar refractivity (Wildman–Crippen MR) is 129 cm³/mol. The fourth-order valence-electron chi connectivity index (χ4n) is 4.71. The molecular weight excluding hydrogens is 412 g/mol. The standard InChI is InChI=1S/C27H30N4O2/c1-4-5-15-33-20-13-11-18(12-14-20)24-23-21(16-27(2,3)17-22(23)32)28-26-29-25(30-31(24)26)19-9-7-6-8-10-19/h6-14,24H,4-5,15-17H2,1-3H3,(H,28,29,30). The maximum atomic E-state index is 13.4. The molecule has 2 heterocycles. The van der Waals surface area contributed by atoms with Crippen LogP contribution in [0, 0.1) is 5.41 Å². The van der Waals surface area contributed by atoms with E-state index in [0.29, 0.717) is 24.8 Å². The molecular formula is C27H30N4O2. The van der Waals surface area contributed by atoms with Gasteiger partial charge in [-0.3, -0.25) is 4.79 Å². The summed E-state index contributed by atoms with van der Waals surface area (Å²) in [6.45, 7) is 7.14. The van der Waals surface area contributed by atoms with Crippen molar-refractivity contribution in [3.8, 4) is 17.1 Å². The summed E-state index contributed by atoms with van der Waals surface area (Å²) in [6, 6.07) is 17.7. The number of benzene rings is 2. The number of Topliss-reactive ketones (excluding diaryl/α,β-unsaturated/α-hetero) is 1. The van der Waals surface area contributed by atoms with Gasteiger partial charge in [0.25, 0.3) is 0 Å². The molecule has 0 saturated heterocycles. The van der Waals surface area contributed by atoms with Crippen molar-refractivity contribution in [3.05, 3.63) is 71.4 Å². The van der Waals surface area contributed by atoms with E-state index >= 15 is 0 Å². The van der Waals surface area contributed by atoms with E-state index in [0.717, 1.165) is 47.4 Å². The zero-order valence-corrected chi connectivity index (χ0v) is 19.5. The first-order valence-corrected chi connectivity index (χ1v) is 11.7. The van der Waals surface area contributed by atoms with Gasteiger partial charge >= 0.3 is 0 Å². The molecule has 1 aromatic heterocycles. The third-order valence-electron chi connectivity index (χ3n) is 6.33. The van der Waals surface area contributed by atoms with E-state index in [1.165, 1.54) is 0 Å². The molecule has 1 atom stereocenters. The minimum Gasteiger partial charge on any atom is -0.494 e. The normalized spacial score (nSPS) is 19.0. The second kappa shape index (κ2) is 8.50. The zero-order valence-electron chi connectivity index (χ0n) is 19.5. The third kappa shape index (κ3) is 4.17. The highest BCUT2D eigenvalue weighted by Crippen LogP contribution is 2.45. The number of unbranched alkanes of at least 4 members (excludes halogenated alkanes) is 1. The largest absolute Gasteiger partial charge is 0.494 e. The fourth-order valence-corrected chi connectivity index (χ4v) is 4.71. The number of allylic oxidation sites excluding steroid dienone is 2. The van der Waals surface area contributed by atoms with Crippen LogP contribution in [0.2, 0.25) is 0 Å². The molecule has 6 nitrogen and oxygen atoms in total. The van der Waals surface area contributed by atoms with Crippen LogP contribution in [-0.2, 0) is 4.79 Å². The van der Waals surface area contributed by atoms with Crippen molar-refractivity contribution in [2.24, 2.45) is 5.41 Å². The number of ether oxygens (including phenoxy) is 1. The Bertz CT molecular complexity index is 1190. The Kier molecular flexibility index (Phi) is 5.52. The summed E-state index contributed by atoms with van der Waals surface area (Å²) >= 11 is 0.